The highest BCUT2D eigenvalue weighted by molar-refractivity contribution is 4.99. The van der Waals surface area contributed by atoms with Gasteiger partial charge in [0.15, 0.2) is 0 Å². The molecular weight excluding hydrogens is 212 g/mol. The molecule has 1 saturated carbocycles. The van der Waals surface area contributed by atoms with Crippen molar-refractivity contribution in [3.63, 3.8) is 0 Å². The number of rotatable bonds is 5. The van der Waals surface area contributed by atoms with Crippen molar-refractivity contribution in [2.45, 2.75) is 58.0 Å². The number of nitrogens with one attached hydrogen (secondary N) is 1. The summed E-state index contributed by atoms with van der Waals surface area (Å²) in [7, 11) is 0. The lowest BCUT2D eigenvalue weighted by Crippen LogP contribution is -2.32. The van der Waals surface area contributed by atoms with Gasteiger partial charge in [-0.2, -0.15) is 0 Å². The molecule has 1 aliphatic rings. The highest BCUT2D eigenvalue weighted by Gasteiger charge is 2.22. The molecule has 0 saturated heterocycles. The molecule has 4 heteroatoms. The molecule has 96 valence electrons. The number of imidazole rings is 1. The molecule has 17 heavy (non-hydrogen) atoms. The third-order valence-electron chi connectivity index (χ3n) is 3.90. The first-order chi connectivity index (χ1) is 8.35. The largest absolute Gasteiger partial charge is 0.334 e. The van der Waals surface area contributed by atoms with E-state index in [2.05, 4.69) is 21.9 Å². The zero-order valence-electron chi connectivity index (χ0n) is 10.7. The fourth-order valence-corrected chi connectivity index (χ4v) is 2.90. The van der Waals surface area contributed by atoms with Crippen molar-refractivity contribution in [1.82, 2.24) is 15.0 Å². The summed E-state index contributed by atoms with van der Waals surface area (Å²) in [6.07, 6.45) is 11.9. The summed E-state index contributed by atoms with van der Waals surface area (Å²) < 4.78 is 2.17. The molecule has 1 heterocycles. The third-order valence-corrected chi connectivity index (χ3v) is 3.90. The Kier molecular flexibility index (Phi) is 4.57. The van der Waals surface area contributed by atoms with Crippen molar-refractivity contribution in [2.24, 2.45) is 11.8 Å². The van der Waals surface area contributed by atoms with Gasteiger partial charge in [0.2, 0.25) is 0 Å². The van der Waals surface area contributed by atoms with Crippen molar-refractivity contribution in [1.29, 1.82) is 0 Å². The highest BCUT2D eigenvalue weighted by atomic mass is 15.3. The van der Waals surface area contributed by atoms with Crippen molar-refractivity contribution in [2.75, 3.05) is 0 Å². The van der Waals surface area contributed by atoms with Gasteiger partial charge in [0.05, 0.1) is 6.04 Å². The van der Waals surface area contributed by atoms with Crippen LogP contribution in [0.5, 0.6) is 0 Å². The minimum absolute atomic E-state index is 0.202. The molecule has 3 N–H and O–H groups in total. The smallest absolute Gasteiger partial charge is 0.127 e. The predicted molar refractivity (Wildman–Crippen MR) is 69.2 cm³/mol. The van der Waals surface area contributed by atoms with Crippen LogP contribution < -0.4 is 11.3 Å². The van der Waals surface area contributed by atoms with Crippen LogP contribution in [0.1, 0.15) is 57.3 Å². The molecule has 0 spiro atoms. The van der Waals surface area contributed by atoms with E-state index in [0.29, 0.717) is 0 Å². The molecule has 0 aliphatic heterocycles. The van der Waals surface area contributed by atoms with Crippen molar-refractivity contribution in [3.8, 4) is 0 Å². The molecule has 0 amide bonds. The molecule has 2 rings (SSSR count). The Bertz CT molecular complexity index is 328. The van der Waals surface area contributed by atoms with Gasteiger partial charge in [0.1, 0.15) is 5.82 Å². The Balaban J connectivity index is 2.00. The monoisotopic (exact) mass is 236 g/mol. The molecule has 1 atom stereocenters. The molecule has 1 aliphatic carbocycles. The number of hydrazine groups is 1. The van der Waals surface area contributed by atoms with E-state index in [1.165, 1.54) is 32.1 Å². The van der Waals surface area contributed by atoms with Crippen LogP contribution in [0, 0.1) is 5.92 Å². The maximum Gasteiger partial charge on any atom is 0.127 e. The zero-order valence-corrected chi connectivity index (χ0v) is 10.7. The second-order valence-corrected chi connectivity index (χ2v) is 5.03. The summed E-state index contributed by atoms with van der Waals surface area (Å²) in [4.78, 5) is 4.44. The average molecular weight is 236 g/mol. The van der Waals surface area contributed by atoms with Gasteiger partial charge in [0.25, 0.3) is 0 Å². The van der Waals surface area contributed by atoms with E-state index in [0.717, 1.165) is 24.7 Å². The highest BCUT2D eigenvalue weighted by Crippen LogP contribution is 2.31. The summed E-state index contributed by atoms with van der Waals surface area (Å²) in [6.45, 7) is 3.09. The molecule has 0 bridgehead atoms. The van der Waals surface area contributed by atoms with Crippen LogP contribution in [-0.2, 0) is 6.54 Å². The summed E-state index contributed by atoms with van der Waals surface area (Å²) >= 11 is 0. The first kappa shape index (κ1) is 12.6. The number of hydrogen-bond donors (Lipinski definition) is 2. The van der Waals surface area contributed by atoms with E-state index >= 15 is 0 Å². The lowest BCUT2D eigenvalue weighted by Gasteiger charge is -2.26. The zero-order chi connectivity index (χ0) is 12.1. The minimum Gasteiger partial charge on any atom is -0.334 e. The number of aromatic nitrogens is 2. The van der Waals surface area contributed by atoms with Crippen LogP contribution in [0.15, 0.2) is 12.4 Å². The Hall–Kier alpha value is -0.870. The van der Waals surface area contributed by atoms with Crippen LogP contribution >= 0.6 is 0 Å². The van der Waals surface area contributed by atoms with E-state index < -0.39 is 0 Å². The van der Waals surface area contributed by atoms with E-state index in [1.807, 2.05) is 12.4 Å². The second kappa shape index (κ2) is 6.17. The van der Waals surface area contributed by atoms with Crippen LogP contribution in [0.2, 0.25) is 0 Å². The van der Waals surface area contributed by atoms with Crippen molar-refractivity contribution in [3.05, 3.63) is 18.2 Å². The molecule has 0 aromatic carbocycles. The predicted octanol–water partition coefficient (Wildman–Crippen LogP) is 2.38. The van der Waals surface area contributed by atoms with E-state index in [4.69, 9.17) is 5.84 Å². The fourth-order valence-electron chi connectivity index (χ4n) is 2.90. The molecular formula is C13H24N4. The molecule has 1 fully saturated rings. The van der Waals surface area contributed by atoms with Gasteiger partial charge >= 0.3 is 0 Å². The third kappa shape index (κ3) is 3.07. The van der Waals surface area contributed by atoms with Crippen LogP contribution in [0.3, 0.4) is 0 Å². The van der Waals surface area contributed by atoms with Gasteiger partial charge < -0.3 is 4.57 Å². The number of nitrogens with zero attached hydrogens (tertiary/aromatic N) is 2. The Morgan fingerprint density at radius 2 is 2.24 bits per heavy atom. The number of nitrogens with two attached hydrogens (primary N) is 1. The standard InChI is InChI=1S/C13H24N4/c1-2-17-9-8-15-13(17)12(16-14)10-11-6-4-3-5-7-11/h8-9,11-12,16H,2-7,10,14H2,1H3. The number of hydrogen-bond acceptors (Lipinski definition) is 3. The summed E-state index contributed by atoms with van der Waals surface area (Å²) in [5.74, 6) is 7.60. The van der Waals surface area contributed by atoms with Gasteiger partial charge in [-0.25, -0.2) is 10.4 Å². The lowest BCUT2D eigenvalue weighted by molar-refractivity contribution is 0.293. The lowest BCUT2D eigenvalue weighted by atomic mass is 9.85. The van der Waals surface area contributed by atoms with E-state index in [1.54, 1.807) is 0 Å². The molecule has 1 aromatic heterocycles. The Labute approximate surface area is 104 Å². The van der Waals surface area contributed by atoms with Crippen LogP contribution in [-0.4, -0.2) is 9.55 Å². The summed E-state index contributed by atoms with van der Waals surface area (Å²) in [5.41, 5.74) is 2.94. The average Bonchev–Trinajstić information content (AvgIpc) is 2.85. The van der Waals surface area contributed by atoms with Crippen LogP contribution in [0.25, 0.3) is 0 Å². The fraction of sp³-hybridized carbons (Fsp3) is 0.769. The van der Waals surface area contributed by atoms with Gasteiger partial charge in [-0.15, -0.1) is 0 Å². The molecule has 1 aromatic rings. The maximum atomic E-state index is 5.70. The van der Waals surface area contributed by atoms with Crippen molar-refractivity contribution >= 4 is 0 Å². The Morgan fingerprint density at radius 3 is 2.88 bits per heavy atom. The first-order valence-corrected chi connectivity index (χ1v) is 6.82. The van der Waals surface area contributed by atoms with Crippen molar-refractivity contribution < 1.29 is 0 Å². The summed E-state index contributed by atoms with van der Waals surface area (Å²) in [6, 6.07) is 0.202. The SMILES string of the molecule is CCn1ccnc1C(CC1CCCCC1)NN. The molecule has 1 unspecified atom stereocenters. The van der Waals surface area contributed by atoms with Gasteiger partial charge in [-0.05, 0) is 19.3 Å². The minimum atomic E-state index is 0.202. The maximum absolute atomic E-state index is 5.70. The second-order valence-electron chi connectivity index (χ2n) is 5.03. The van der Waals surface area contributed by atoms with Gasteiger partial charge in [0, 0.05) is 18.9 Å². The normalized spacial score (nSPS) is 19.4. The topological polar surface area (TPSA) is 55.9 Å². The van der Waals surface area contributed by atoms with Gasteiger partial charge in [-0.1, -0.05) is 32.1 Å². The van der Waals surface area contributed by atoms with Gasteiger partial charge in [-0.3, -0.25) is 5.84 Å². The first-order valence-electron chi connectivity index (χ1n) is 6.82. The molecule has 4 nitrogen and oxygen atoms in total. The van der Waals surface area contributed by atoms with E-state index in [-0.39, 0.29) is 6.04 Å². The molecule has 0 radical (unpaired) electrons. The summed E-state index contributed by atoms with van der Waals surface area (Å²) in [5, 5.41) is 0. The van der Waals surface area contributed by atoms with E-state index in [9.17, 15) is 0 Å². The quantitative estimate of drug-likeness (QED) is 0.609. The Morgan fingerprint density at radius 1 is 1.47 bits per heavy atom. The van der Waals surface area contributed by atoms with Crippen LogP contribution in [0.4, 0.5) is 0 Å². The number of aryl methyl sites for hydroxylation is 1.